The summed E-state index contributed by atoms with van der Waals surface area (Å²) < 4.78 is 7.70. The largest absolute Gasteiger partial charge is 0.410 e. The molecule has 0 amide bonds. The first-order valence-corrected chi connectivity index (χ1v) is 11.0. The second-order valence-corrected chi connectivity index (χ2v) is 12.4. The van der Waals surface area contributed by atoms with Crippen LogP contribution in [0.2, 0.25) is 18.1 Å². The summed E-state index contributed by atoms with van der Waals surface area (Å²) in [6.07, 6.45) is 5.24. The molecule has 0 unspecified atom stereocenters. The quantitative estimate of drug-likeness (QED) is 0.290. The van der Waals surface area contributed by atoms with Crippen LogP contribution in [0.5, 0.6) is 0 Å². The Balaban J connectivity index is 2.79. The monoisotopic (exact) mass is 366 g/mol. The molecule has 0 fully saturated rings. The molecule has 3 heteroatoms. The Kier molecular flexibility index (Phi) is 5.30. The molecule has 1 nitrogen and oxygen atoms in total. The summed E-state index contributed by atoms with van der Waals surface area (Å²) in [5.41, 5.74) is 1.52. The Morgan fingerprint density at radius 2 is 2.00 bits per heavy atom. The van der Waals surface area contributed by atoms with Crippen molar-refractivity contribution in [3.8, 4) is 0 Å². The van der Waals surface area contributed by atoms with Gasteiger partial charge < -0.3 is 4.43 Å². The molecule has 0 aromatic heterocycles. The SMILES string of the molecule is C[C@H]1CC=C(CI)[C@H](O[Si](C)(C)C(C)(C)C)C1. The number of hydrogen-bond donors (Lipinski definition) is 0. The van der Waals surface area contributed by atoms with Gasteiger partial charge in [-0.3, -0.25) is 0 Å². The minimum Gasteiger partial charge on any atom is -0.410 e. The lowest BCUT2D eigenvalue weighted by molar-refractivity contribution is 0.177. The summed E-state index contributed by atoms with van der Waals surface area (Å²) in [7, 11) is -1.62. The molecular weight excluding hydrogens is 339 g/mol. The molecule has 0 saturated heterocycles. The maximum atomic E-state index is 6.58. The Bertz CT molecular complexity index is 291. The second kappa shape index (κ2) is 5.74. The Morgan fingerprint density at radius 1 is 1.41 bits per heavy atom. The topological polar surface area (TPSA) is 9.23 Å². The minimum atomic E-state index is -1.62. The van der Waals surface area contributed by atoms with Crippen molar-refractivity contribution in [3.05, 3.63) is 11.6 Å². The first kappa shape index (κ1) is 15.7. The van der Waals surface area contributed by atoms with Gasteiger partial charge >= 0.3 is 0 Å². The van der Waals surface area contributed by atoms with Crippen molar-refractivity contribution in [1.29, 1.82) is 0 Å². The number of halogens is 1. The normalized spacial score (nSPS) is 26.9. The molecule has 0 saturated carbocycles. The van der Waals surface area contributed by atoms with Gasteiger partial charge in [-0.1, -0.05) is 56.4 Å². The molecule has 2 atom stereocenters. The van der Waals surface area contributed by atoms with Crippen LogP contribution in [0, 0.1) is 5.92 Å². The highest BCUT2D eigenvalue weighted by Gasteiger charge is 2.40. The van der Waals surface area contributed by atoms with E-state index in [1.807, 2.05) is 0 Å². The maximum absolute atomic E-state index is 6.58. The molecule has 0 N–H and O–H groups in total. The summed E-state index contributed by atoms with van der Waals surface area (Å²) in [4.78, 5) is 0. The van der Waals surface area contributed by atoms with Gasteiger partial charge in [-0.2, -0.15) is 0 Å². The van der Waals surface area contributed by atoms with Crippen LogP contribution in [0.1, 0.15) is 40.5 Å². The van der Waals surface area contributed by atoms with Gasteiger partial charge in [0.1, 0.15) is 0 Å². The minimum absolute atomic E-state index is 0.310. The van der Waals surface area contributed by atoms with Crippen molar-refractivity contribution in [2.45, 2.75) is 64.8 Å². The van der Waals surface area contributed by atoms with Gasteiger partial charge in [0.2, 0.25) is 0 Å². The van der Waals surface area contributed by atoms with Gasteiger partial charge in [0.15, 0.2) is 8.32 Å². The molecule has 0 aromatic carbocycles. The lowest BCUT2D eigenvalue weighted by Gasteiger charge is -2.41. The molecule has 0 heterocycles. The predicted octanol–water partition coefficient (Wildman–Crippen LogP) is 5.17. The fraction of sp³-hybridized carbons (Fsp3) is 0.857. The summed E-state index contributed by atoms with van der Waals surface area (Å²) >= 11 is 2.47. The van der Waals surface area contributed by atoms with E-state index in [0.29, 0.717) is 11.1 Å². The summed E-state index contributed by atoms with van der Waals surface area (Å²) in [6, 6.07) is 0. The fourth-order valence-electron chi connectivity index (χ4n) is 1.89. The maximum Gasteiger partial charge on any atom is 0.192 e. The van der Waals surface area contributed by atoms with Crippen LogP contribution in [0.4, 0.5) is 0 Å². The number of allylic oxidation sites excluding steroid dienone is 1. The van der Waals surface area contributed by atoms with E-state index in [1.165, 1.54) is 18.4 Å². The smallest absolute Gasteiger partial charge is 0.192 e. The summed E-state index contributed by atoms with van der Waals surface area (Å²) in [6.45, 7) is 14.0. The van der Waals surface area contributed by atoms with Gasteiger partial charge in [-0.25, -0.2) is 0 Å². The van der Waals surface area contributed by atoms with Crippen LogP contribution < -0.4 is 0 Å². The van der Waals surface area contributed by atoms with Gasteiger partial charge in [0.05, 0.1) is 6.10 Å². The average molecular weight is 366 g/mol. The lowest BCUT2D eigenvalue weighted by Crippen LogP contribution is -2.45. The number of hydrogen-bond acceptors (Lipinski definition) is 1. The van der Waals surface area contributed by atoms with E-state index >= 15 is 0 Å². The molecule has 0 radical (unpaired) electrons. The highest BCUT2D eigenvalue weighted by atomic mass is 127. The Hall–Kier alpha value is 0.647. The Labute approximate surface area is 122 Å². The molecule has 1 rings (SSSR count). The molecular formula is C14H27IOSi. The van der Waals surface area contributed by atoms with E-state index in [2.05, 4.69) is 69.5 Å². The third-order valence-electron chi connectivity index (χ3n) is 4.21. The van der Waals surface area contributed by atoms with E-state index in [-0.39, 0.29) is 0 Å². The van der Waals surface area contributed by atoms with Crippen molar-refractivity contribution in [1.82, 2.24) is 0 Å². The van der Waals surface area contributed by atoms with Crippen LogP contribution in [0.3, 0.4) is 0 Å². The van der Waals surface area contributed by atoms with E-state index in [4.69, 9.17) is 4.43 Å². The highest BCUT2D eigenvalue weighted by Crippen LogP contribution is 2.40. The van der Waals surface area contributed by atoms with E-state index in [9.17, 15) is 0 Å². The second-order valence-electron chi connectivity index (χ2n) is 6.86. The van der Waals surface area contributed by atoms with Crippen molar-refractivity contribution < 1.29 is 4.43 Å². The summed E-state index contributed by atoms with van der Waals surface area (Å²) in [5, 5.41) is 0.310. The molecule has 0 aliphatic heterocycles. The van der Waals surface area contributed by atoms with Gasteiger partial charge in [-0.05, 0) is 42.5 Å². The molecule has 17 heavy (non-hydrogen) atoms. The third kappa shape index (κ3) is 4.06. The van der Waals surface area contributed by atoms with Gasteiger partial charge in [-0.15, -0.1) is 0 Å². The van der Waals surface area contributed by atoms with Gasteiger partial charge in [0, 0.05) is 4.43 Å². The first-order valence-electron chi connectivity index (χ1n) is 6.60. The van der Waals surface area contributed by atoms with E-state index in [0.717, 1.165) is 10.3 Å². The molecule has 0 spiro atoms. The molecule has 1 aliphatic carbocycles. The first-order chi connectivity index (χ1) is 7.67. The fourth-order valence-corrected chi connectivity index (χ4v) is 4.01. The number of rotatable bonds is 3. The third-order valence-corrected chi connectivity index (χ3v) is 9.58. The molecule has 1 aliphatic rings. The zero-order chi connectivity index (χ0) is 13.3. The van der Waals surface area contributed by atoms with Crippen LogP contribution in [0.15, 0.2) is 11.6 Å². The van der Waals surface area contributed by atoms with Crippen molar-refractivity contribution in [3.63, 3.8) is 0 Å². The molecule has 0 bridgehead atoms. The average Bonchev–Trinajstić information content (AvgIpc) is 2.15. The van der Waals surface area contributed by atoms with Crippen LogP contribution in [0.25, 0.3) is 0 Å². The zero-order valence-electron chi connectivity index (χ0n) is 12.1. The zero-order valence-corrected chi connectivity index (χ0v) is 15.3. The highest BCUT2D eigenvalue weighted by molar-refractivity contribution is 14.1. The van der Waals surface area contributed by atoms with Crippen LogP contribution >= 0.6 is 22.6 Å². The molecule has 0 aromatic rings. The van der Waals surface area contributed by atoms with Crippen molar-refractivity contribution in [2.75, 3.05) is 4.43 Å². The number of alkyl halides is 1. The predicted molar refractivity (Wildman–Crippen MR) is 87.4 cm³/mol. The van der Waals surface area contributed by atoms with Gasteiger partial charge in [0.25, 0.3) is 0 Å². The summed E-state index contributed by atoms with van der Waals surface area (Å²) in [5.74, 6) is 0.775. The Morgan fingerprint density at radius 3 is 2.47 bits per heavy atom. The lowest BCUT2D eigenvalue weighted by atomic mass is 9.90. The van der Waals surface area contributed by atoms with Crippen LogP contribution in [-0.4, -0.2) is 18.8 Å². The van der Waals surface area contributed by atoms with E-state index in [1.54, 1.807) is 0 Å². The standard InChI is InChI=1S/C14H27IOSi/c1-11-7-8-12(10-15)13(9-11)16-17(5,6)14(2,3)4/h8,11,13H,7,9-10H2,1-6H3/t11-,13+/m0/s1. The van der Waals surface area contributed by atoms with E-state index < -0.39 is 8.32 Å². The van der Waals surface area contributed by atoms with Crippen LogP contribution in [-0.2, 0) is 4.43 Å². The van der Waals surface area contributed by atoms with Crippen molar-refractivity contribution >= 4 is 30.9 Å². The molecule has 100 valence electrons. The van der Waals surface area contributed by atoms with Crippen molar-refractivity contribution in [2.24, 2.45) is 5.92 Å².